The van der Waals surface area contributed by atoms with Crippen LogP contribution < -0.4 is 11.1 Å². The lowest BCUT2D eigenvalue weighted by Crippen LogP contribution is -2.36. The van der Waals surface area contributed by atoms with Gasteiger partial charge in [0, 0.05) is 18.6 Å². The van der Waals surface area contributed by atoms with E-state index in [-0.39, 0.29) is 0 Å². The Kier molecular flexibility index (Phi) is 3.69. The Morgan fingerprint density at radius 1 is 1.59 bits per heavy atom. The summed E-state index contributed by atoms with van der Waals surface area (Å²) >= 11 is 5.83. The maximum Gasteiger partial charge on any atom is 0.157 e. The number of likely N-dealkylation sites (N-methyl/N-ethyl adjacent to an activating group) is 1. The molecule has 1 atom stereocenters. The second kappa shape index (κ2) is 5.06. The van der Waals surface area contributed by atoms with Crippen LogP contribution in [0, 0.1) is 0 Å². The van der Waals surface area contributed by atoms with Crippen LogP contribution in [-0.2, 0) is 0 Å². The number of nitrogens with two attached hydrogens (primary N) is 1. The Morgan fingerprint density at radius 3 is 2.94 bits per heavy atom. The number of aromatic nitrogens is 2. The summed E-state index contributed by atoms with van der Waals surface area (Å²) in [5.41, 5.74) is 6.20. The predicted molar refractivity (Wildman–Crippen MR) is 70.2 cm³/mol. The van der Waals surface area contributed by atoms with Crippen molar-refractivity contribution in [2.24, 2.45) is 0 Å². The molecule has 1 aromatic rings. The van der Waals surface area contributed by atoms with Crippen LogP contribution in [0.2, 0.25) is 5.15 Å². The summed E-state index contributed by atoms with van der Waals surface area (Å²) in [7, 11) is 2.15. The maximum atomic E-state index is 5.83. The van der Waals surface area contributed by atoms with Gasteiger partial charge in [0.25, 0.3) is 0 Å². The van der Waals surface area contributed by atoms with Crippen LogP contribution in [0.4, 0.5) is 11.5 Å². The smallest absolute Gasteiger partial charge is 0.157 e. The Bertz CT molecular complexity index is 393. The third-order valence-electron chi connectivity index (χ3n) is 3.22. The fraction of sp³-hybridized carbons (Fsp3) is 0.636. The van der Waals surface area contributed by atoms with Crippen molar-refractivity contribution in [1.82, 2.24) is 14.9 Å². The monoisotopic (exact) mass is 255 g/mol. The summed E-state index contributed by atoms with van der Waals surface area (Å²) in [6.45, 7) is 2.98. The lowest BCUT2D eigenvalue weighted by atomic mass is 10.3. The SMILES string of the molecule is CC(CNc1ncnc(Cl)c1N)N(C)C1CC1. The molecule has 5 nitrogen and oxygen atoms in total. The van der Waals surface area contributed by atoms with Gasteiger partial charge < -0.3 is 11.1 Å². The summed E-state index contributed by atoms with van der Waals surface area (Å²) in [6, 6.07) is 1.19. The van der Waals surface area contributed by atoms with Gasteiger partial charge in [-0.15, -0.1) is 0 Å². The number of nitrogens with one attached hydrogen (secondary N) is 1. The Hall–Kier alpha value is -1.07. The number of anilines is 2. The Balaban J connectivity index is 1.90. The first-order valence-electron chi connectivity index (χ1n) is 5.81. The molecule has 1 unspecified atom stereocenters. The van der Waals surface area contributed by atoms with E-state index in [4.69, 9.17) is 17.3 Å². The van der Waals surface area contributed by atoms with Crippen LogP contribution in [0.5, 0.6) is 0 Å². The van der Waals surface area contributed by atoms with E-state index in [0.717, 1.165) is 12.6 Å². The molecule has 6 heteroatoms. The molecule has 0 radical (unpaired) electrons. The first kappa shape index (κ1) is 12.4. The van der Waals surface area contributed by atoms with E-state index in [1.807, 2.05) is 0 Å². The molecular weight excluding hydrogens is 238 g/mol. The van der Waals surface area contributed by atoms with Crippen molar-refractivity contribution >= 4 is 23.1 Å². The van der Waals surface area contributed by atoms with E-state index in [9.17, 15) is 0 Å². The fourth-order valence-corrected chi connectivity index (χ4v) is 1.88. The molecule has 0 bridgehead atoms. The highest BCUT2D eigenvalue weighted by atomic mass is 35.5. The minimum absolute atomic E-state index is 0.297. The van der Waals surface area contributed by atoms with Crippen molar-refractivity contribution < 1.29 is 0 Å². The van der Waals surface area contributed by atoms with E-state index in [2.05, 4.69) is 34.2 Å². The summed E-state index contributed by atoms with van der Waals surface area (Å²) < 4.78 is 0. The van der Waals surface area contributed by atoms with Crippen LogP contribution in [0.25, 0.3) is 0 Å². The standard InChI is InChI=1S/C11H18ClN5/c1-7(17(2)8-3-4-8)5-14-11-9(13)10(12)15-6-16-11/h6-8H,3-5,13H2,1-2H3,(H,14,15,16). The second-order valence-corrected chi connectivity index (χ2v) is 4.91. The fourth-order valence-electron chi connectivity index (χ4n) is 1.75. The van der Waals surface area contributed by atoms with Gasteiger partial charge in [0.15, 0.2) is 11.0 Å². The minimum atomic E-state index is 0.297. The average molecular weight is 256 g/mol. The van der Waals surface area contributed by atoms with Crippen molar-refractivity contribution in [1.29, 1.82) is 0 Å². The average Bonchev–Trinajstić information content (AvgIpc) is 3.13. The van der Waals surface area contributed by atoms with Crippen LogP contribution in [-0.4, -0.2) is 40.5 Å². The molecular formula is C11H18ClN5. The number of nitrogen functional groups attached to an aromatic ring is 1. The molecule has 0 saturated heterocycles. The van der Waals surface area contributed by atoms with E-state index in [0.29, 0.717) is 22.7 Å². The minimum Gasteiger partial charge on any atom is -0.393 e. The molecule has 0 aromatic carbocycles. The van der Waals surface area contributed by atoms with E-state index in [1.54, 1.807) is 0 Å². The molecule has 1 aliphatic rings. The molecule has 1 heterocycles. The summed E-state index contributed by atoms with van der Waals surface area (Å²) in [5.74, 6) is 0.612. The summed E-state index contributed by atoms with van der Waals surface area (Å²) in [4.78, 5) is 10.3. The summed E-state index contributed by atoms with van der Waals surface area (Å²) in [5, 5.41) is 3.51. The predicted octanol–water partition coefficient (Wildman–Crippen LogP) is 1.61. The molecule has 0 amide bonds. The molecule has 1 saturated carbocycles. The molecule has 1 aliphatic carbocycles. The summed E-state index contributed by atoms with van der Waals surface area (Å²) in [6.07, 6.45) is 4.03. The Morgan fingerprint density at radius 2 is 2.29 bits per heavy atom. The van der Waals surface area contributed by atoms with Gasteiger partial charge >= 0.3 is 0 Å². The van der Waals surface area contributed by atoms with E-state index in [1.165, 1.54) is 19.2 Å². The molecule has 1 aromatic heterocycles. The molecule has 2 rings (SSSR count). The Labute approximate surface area is 106 Å². The lowest BCUT2D eigenvalue weighted by molar-refractivity contribution is 0.257. The van der Waals surface area contributed by atoms with Gasteiger partial charge in [-0.1, -0.05) is 11.6 Å². The zero-order valence-electron chi connectivity index (χ0n) is 10.2. The second-order valence-electron chi connectivity index (χ2n) is 4.55. The first-order chi connectivity index (χ1) is 8.09. The largest absolute Gasteiger partial charge is 0.393 e. The van der Waals surface area contributed by atoms with Gasteiger partial charge in [-0.05, 0) is 26.8 Å². The van der Waals surface area contributed by atoms with Gasteiger partial charge in [0.1, 0.15) is 12.0 Å². The zero-order valence-corrected chi connectivity index (χ0v) is 10.9. The van der Waals surface area contributed by atoms with Crippen molar-refractivity contribution in [3.8, 4) is 0 Å². The lowest BCUT2D eigenvalue weighted by Gasteiger charge is -2.25. The van der Waals surface area contributed by atoms with E-state index < -0.39 is 0 Å². The zero-order chi connectivity index (χ0) is 12.4. The highest BCUT2D eigenvalue weighted by Gasteiger charge is 2.28. The quantitative estimate of drug-likeness (QED) is 0.783. The first-order valence-corrected chi connectivity index (χ1v) is 6.19. The number of hydrogen-bond acceptors (Lipinski definition) is 5. The maximum absolute atomic E-state index is 5.83. The van der Waals surface area contributed by atoms with Crippen LogP contribution in [0.3, 0.4) is 0 Å². The molecule has 0 spiro atoms. The number of hydrogen-bond donors (Lipinski definition) is 2. The molecule has 94 valence electrons. The van der Waals surface area contributed by atoms with Crippen molar-refractivity contribution in [2.45, 2.75) is 31.8 Å². The molecule has 1 fully saturated rings. The van der Waals surface area contributed by atoms with Gasteiger partial charge in [-0.3, -0.25) is 4.90 Å². The van der Waals surface area contributed by atoms with Crippen molar-refractivity contribution in [2.75, 3.05) is 24.6 Å². The van der Waals surface area contributed by atoms with Gasteiger partial charge in [-0.25, -0.2) is 9.97 Å². The third-order valence-corrected chi connectivity index (χ3v) is 3.52. The van der Waals surface area contributed by atoms with Crippen molar-refractivity contribution in [3.63, 3.8) is 0 Å². The van der Waals surface area contributed by atoms with Gasteiger partial charge in [-0.2, -0.15) is 0 Å². The topological polar surface area (TPSA) is 67.1 Å². The highest BCUT2D eigenvalue weighted by molar-refractivity contribution is 6.32. The third kappa shape index (κ3) is 2.98. The van der Waals surface area contributed by atoms with Crippen LogP contribution >= 0.6 is 11.6 Å². The molecule has 0 aliphatic heterocycles. The van der Waals surface area contributed by atoms with E-state index >= 15 is 0 Å². The van der Waals surface area contributed by atoms with Gasteiger partial charge in [0.2, 0.25) is 0 Å². The highest BCUT2D eigenvalue weighted by Crippen LogP contribution is 2.27. The van der Waals surface area contributed by atoms with Crippen molar-refractivity contribution in [3.05, 3.63) is 11.5 Å². The van der Waals surface area contributed by atoms with Gasteiger partial charge in [0.05, 0.1) is 0 Å². The molecule has 3 N–H and O–H groups in total. The number of halogens is 1. The van der Waals surface area contributed by atoms with Crippen LogP contribution in [0.1, 0.15) is 19.8 Å². The normalized spacial score (nSPS) is 17.2. The van der Waals surface area contributed by atoms with Crippen LogP contribution in [0.15, 0.2) is 6.33 Å². The number of rotatable bonds is 5. The number of nitrogens with zero attached hydrogens (tertiary/aromatic N) is 3. The molecule has 17 heavy (non-hydrogen) atoms.